The van der Waals surface area contributed by atoms with Crippen LogP contribution in [0.3, 0.4) is 0 Å². The summed E-state index contributed by atoms with van der Waals surface area (Å²) in [6.07, 6.45) is 8.16. The second-order valence-corrected chi connectivity index (χ2v) is 6.99. The monoisotopic (exact) mass is 506 g/mol. The second-order valence-electron chi connectivity index (χ2n) is 6.99. The van der Waals surface area contributed by atoms with Gasteiger partial charge in [-0.2, -0.15) is 0 Å². The number of hydrogen-bond donors (Lipinski definition) is 1. The number of benzene rings is 1. The molecule has 0 saturated heterocycles. The highest BCUT2D eigenvalue weighted by Gasteiger charge is 2.10. The van der Waals surface area contributed by atoms with E-state index in [1.54, 1.807) is 0 Å². The molecule has 0 spiro atoms. The average molecular weight is 506 g/mol. The summed E-state index contributed by atoms with van der Waals surface area (Å²) in [6, 6.07) is 14.8. The average Bonchev–Trinajstić information content (AvgIpc) is 3.32. The number of rotatable bonds is 8. The normalized spacial score (nSPS) is 11.2. The third-order valence-electron chi connectivity index (χ3n) is 4.94. The predicted octanol–water partition coefficient (Wildman–Crippen LogP) is 3.68. The van der Waals surface area contributed by atoms with E-state index in [0.29, 0.717) is 6.54 Å². The summed E-state index contributed by atoms with van der Waals surface area (Å²) in [6.45, 7) is 2.42. The van der Waals surface area contributed by atoms with Crippen LogP contribution in [0.5, 0.6) is 0 Å². The van der Waals surface area contributed by atoms with E-state index in [-0.39, 0.29) is 24.0 Å². The quantitative estimate of drug-likeness (QED) is 0.288. The molecule has 3 aromatic rings. The van der Waals surface area contributed by atoms with Crippen molar-refractivity contribution in [1.29, 1.82) is 0 Å². The van der Waals surface area contributed by atoms with E-state index in [1.165, 1.54) is 11.3 Å². The molecule has 3 rings (SSSR count). The topological polar surface area (TPSA) is 50.4 Å². The Hall–Kier alpha value is -2.29. The largest absolute Gasteiger partial charge is 0.353 e. The van der Waals surface area contributed by atoms with Crippen LogP contribution in [0.25, 0.3) is 0 Å². The first kappa shape index (κ1) is 23.0. The number of nitrogens with one attached hydrogen (secondary N) is 1. The molecule has 1 aromatic carbocycles. The standard InChI is InChI=1S/C22H30N6.HI/c1-23-22(27(3)18-20-12-8-14-26(20)2)25-17-21-24-13-16-28(21)15-7-11-19-9-5-4-6-10-19;/h4-6,8-10,12-14,16H,7,11,15,17-18H2,1-3H3,(H,23,25);1H. The minimum atomic E-state index is 0. The lowest BCUT2D eigenvalue weighted by Gasteiger charge is -2.22. The van der Waals surface area contributed by atoms with Gasteiger partial charge in [-0.1, -0.05) is 30.3 Å². The molecule has 29 heavy (non-hydrogen) atoms. The molecule has 7 heteroatoms. The van der Waals surface area contributed by atoms with Gasteiger partial charge in [0.25, 0.3) is 0 Å². The van der Waals surface area contributed by atoms with E-state index in [0.717, 1.165) is 37.7 Å². The van der Waals surface area contributed by atoms with Crippen molar-refractivity contribution in [1.82, 2.24) is 24.3 Å². The molecule has 0 unspecified atom stereocenters. The summed E-state index contributed by atoms with van der Waals surface area (Å²) in [5.41, 5.74) is 2.62. The molecule has 0 fully saturated rings. The van der Waals surface area contributed by atoms with Gasteiger partial charge >= 0.3 is 0 Å². The summed E-state index contributed by atoms with van der Waals surface area (Å²) in [4.78, 5) is 11.1. The highest BCUT2D eigenvalue weighted by Crippen LogP contribution is 2.07. The molecule has 0 aliphatic carbocycles. The van der Waals surface area contributed by atoms with Gasteiger partial charge < -0.3 is 19.4 Å². The van der Waals surface area contributed by atoms with Gasteiger partial charge in [0, 0.05) is 52.0 Å². The van der Waals surface area contributed by atoms with Crippen LogP contribution in [0.1, 0.15) is 23.5 Å². The number of aliphatic imine (C=N–C) groups is 1. The lowest BCUT2D eigenvalue weighted by Crippen LogP contribution is -2.38. The molecule has 1 N–H and O–H groups in total. The zero-order valence-electron chi connectivity index (χ0n) is 17.5. The van der Waals surface area contributed by atoms with Crippen LogP contribution in [0.2, 0.25) is 0 Å². The first-order chi connectivity index (χ1) is 13.7. The molecule has 0 aliphatic rings. The lowest BCUT2D eigenvalue weighted by atomic mass is 10.1. The molecule has 0 amide bonds. The number of nitrogens with zero attached hydrogens (tertiary/aromatic N) is 5. The van der Waals surface area contributed by atoms with Gasteiger partial charge in [0.05, 0.1) is 13.1 Å². The molecule has 0 bridgehead atoms. The number of aryl methyl sites for hydroxylation is 3. The van der Waals surface area contributed by atoms with Crippen LogP contribution >= 0.6 is 24.0 Å². The summed E-state index contributed by atoms with van der Waals surface area (Å²) in [7, 11) is 5.93. The van der Waals surface area contributed by atoms with E-state index >= 15 is 0 Å². The van der Waals surface area contributed by atoms with Gasteiger partial charge in [-0.25, -0.2) is 4.98 Å². The Bertz CT molecular complexity index is 884. The van der Waals surface area contributed by atoms with Crippen molar-refractivity contribution in [2.24, 2.45) is 12.0 Å². The summed E-state index contributed by atoms with van der Waals surface area (Å²) in [5.74, 6) is 1.89. The molecule has 156 valence electrons. The maximum Gasteiger partial charge on any atom is 0.194 e. The highest BCUT2D eigenvalue weighted by atomic mass is 127. The molecule has 6 nitrogen and oxygen atoms in total. The Balaban J connectivity index is 0.00000300. The fourth-order valence-corrected chi connectivity index (χ4v) is 3.33. The minimum Gasteiger partial charge on any atom is -0.353 e. The van der Waals surface area contributed by atoms with Crippen molar-refractivity contribution >= 4 is 29.9 Å². The van der Waals surface area contributed by atoms with Gasteiger partial charge in [-0.05, 0) is 30.5 Å². The van der Waals surface area contributed by atoms with Crippen molar-refractivity contribution in [3.05, 3.63) is 78.1 Å². The molecule has 2 heterocycles. The van der Waals surface area contributed by atoms with Crippen molar-refractivity contribution in [2.45, 2.75) is 32.5 Å². The maximum absolute atomic E-state index is 4.52. The van der Waals surface area contributed by atoms with E-state index in [4.69, 9.17) is 0 Å². The van der Waals surface area contributed by atoms with Crippen molar-refractivity contribution in [3.8, 4) is 0 Å². The molecule has 0 saturated carbocycles. The number of imidazole rings is 1. The van der Waals surface area contributed by atoms with Crippen LogP contribution in [-0.4, -0.2) is 39.1 Å². The van der Waals surface area contributed by atoms with Crippen LogP contribution in [-0.2, 0) is 33.1 Å². The Kier molecular flexibility index (Phi) is 9.24. The Labute approximate surface area is 190 Å². The van der Waals surface area contributed by atoms with Crippen molar-refractivity contribution in [3.63, 3.8) is 0 Å². The first-order valence-electron chi connectivity index (χ1n) is 9.73. The van der Waals surface area contributed by atoms with Crippen LogP contribution in [0.4, 0.5) is 0 Å². The van der Waals surface area contributed by atoms with Gasteiger partial charge in [0.1, 0.15) is 5.82 Å². The Morgan fingerprint density at radius 3 is 2.62 bits per heavy atom. The van der Waals surface area contributed by atoms with E-state index in [2.05, 4.69) is 98.3 Å². The fourth-order valence-electron chi connectivity index (χ4n) is 3.33. The minimum absolute atomic E-state index is 0. The lowest BCUT2D eigenvalue weighted by molar-refractivity contribution is 0.459. The zero-order valence-corrected chi connectivity index (χ0v) is 19.8. The van der Waals surface area contributed by atoms with Crippen LogP contribution in [0, 0.1) is 0 Å². The molecular formula is C22H31IN6. The smallest absolute Gasteiger partial charge is 0.194 e. The van der Waals surface area contributed by atoms with E-state index in [9.17, 15) is 0 Å². The van der Waals surface area contributed by atoms with Crippen molar-refractivity contribution < 1.29 is 0 Å². The highest BCUT2D eigenvalue weighted by molar-refractivity contribution is 14.0. The molecule has 0 aliphatic heterocycles. The van der Waals surface area contributed by atoms with Crippen molar-refractivity contribution in [2.75, 3.05) is 14.1 Å². The summed E-state index contributed by atoms with van der Waals surface area (Å²) < 4.78 is 4.35. The van der Waals surface area contributed by atoms with Gasteiger partial charge in [0.15, 0.2) is 5.96 Å². The van der Waals surface area contributed by atoms with Gasteiger partial charge in [0.2, 0.25) is 0 Å². The van der Waals surface area contributed by atoms with Gasteiger partial charge in [-0.15, -0.1) is 24.0 Å². The summed E-state index contributed by atoms with van der Waals surface area (Å²) >= 11 is 0. The number of halogens is 1. The number of aromatic nitrogens is 3. The number of hydrogen-bond acceptors (Lipinski definition) is 2. The van der Waals surface area contributed by atoms with E-state index < -0.39 is 0 Å². The Morgan fingerprint density at radius 1 is 1.14 bits per heavy atom. The molecule has 0 atom stereocenters. The third-order valence-corrected chi connectivity index (χ3v) is 4.94. The number of guanidine groups is 1. The first-order valence-corrected chi connectivity index (χ1v) is 9.73. The van der Waals surface area contributed by atoms with Crippen LogP contribution < -0.4 is 5.32 Å². The zero-order chi connectivity index (χ0) is 19.8. The Morgan fingerprint density at radius 2 is 1.93 bits per heavy atom. The maximum atomic E-state index is 4.52. The van der Waals surface area contributed by atoms with Gasteiger partial charge in [-0.3, -0.25) is 4.99 Å². The fraction of sp³-hybridized carbons (Fsp3) is 0.364. The molecule has 0 radical (unpaired) electrons. The second kappa shape index (κ2) is 11.6. The van der Waals surface area contributed by atoms with E-state index in [1.807, 2.05) is 13.2 Å². The molecular weight excluding hydrogens is 475 g/mol. The third kappa shape index (κ3) is 6.62. The van der Waals surface area contributed by atoms with Crippen LogP contribution in [0.15, 0.2) is 66.0 Å². The SMILES string of the molecule is CN=C(NCc1nccn1CCCc1ccccc1)N(C)Cc1cccn1C.I. The molecule has 2 aromatic heterocycles. The summed E-state index contributed by atoms with van der Waals surface area (Å²) in [5, 5.41) is 3.44. The predicted molar refractivity (Wildman–Crippen MR) is 129 cm³/mol.